The van der Waals surface area contributed by atoms with E-state index in [9.17, 15) is 43.2 Å². The number of Topliss-reactive ketones (excluding diaryl/α,β-unsaturated/α-hetero) is 1. The van der Waals surface area contributed by atoms with Gasteiger partial charge in [-0.05, 0) is 166 Å². The predicted molar refractivity (Wildman–Crippen MR) is 563 cm³/mol. The maximum Gasteiger partial charge on any atom is 0.264 e. The predicted octanol–water partition coefficient (Wildman–Crippen LogP) is 22.2. The van der Waals surface area contributed by atoms with Gasteiger partial charge in [-0.25, -0.2) is 0 Å². The minimum Gasteiger partial charge on any atom is -0.369 e. The summed E-state index contributed by atoms with van der Waals surface area (Å²) in [5, 5.41) is 7.46. The van der Waals surface area contributed by atoms with Crippen LogP contribution in [0, 0.1) is 0 Å². The van der Waals surface area contributed by atoms with Crippen LogP contribution < -0.4 is 5.32 Å². The summed E-state index contributed by atoms with van der Waals surface area (Å²) in [5.41, 5.74) is 9.58. The number of β-lactam (4-membered cyclic amide) rings is 8. The molecule has 8 heterocycles. The molecule has 9 aromatic carbocycles. The van der Waals surface area contributed by atoms with Crippen LogP contribution in [0.25, 0.3) is 0 Å². The molecule has 0 aromatic heterocycles. The second-order valence-corrected chi connectivity index (χ2v) is 40.9. The summed E-state index contributed by atoms with van der Waals surface area (Å²) in [6.07, 6.45) is 4.58. The van der Waals surface area contributed by atoms with E-state index >= 15 is 0 Å². The number of hydrogen-bond donors (Lipinski definition) is 1. The number of carbonyl (C=O) groups is 9. The van der Waals surface area contributed by atoms with Crippen LogP contribution in [-0.2, 0) is 82.0 Å². The number of halogens is 7. The molecule has 16 unspecified atom stereocenters. The number of benzene rings is 9. The van der Waals surface area contributed by atoms with E-state index in [2.05, 4.69) is 24.4 Å². The molecule has 0 aliphatic carbocycles. The second kappa shape index (κ2) is 55.6. The van der Waals surface area contributed by atoms with Gasteiger partial charge in [0, 0.05) is 139 Å². The van der Waals surface area contributed by atoms with Crippen LogP contribution in [0.15, 0.2) is 224 Å². The lowest BCUT2D eigenvalue weighted by Gasteiger charge is -2.45. The Morgan fingerprint density at radius 2 is 0.619 bits per heavy atom. The van der Waals surface area contributed by atoms with Crippen molar-refractivity contribution >= 4 is 218 Å². The van der Waals surface area contributed by atoms with Crippen molar-refractivity contribution in [1.29, 1.82) is 0 Å². The van der Waals surface area contributed by atoms with E-state index < -0.39 is 36.6 Å². The fraction of sp³-hybridized carbons (Fsp3) is 0.370. The SMILES string of the molecule is CCCCSN1C(=O)C(OC)C1c1ccccc1Cl.CCSN1C(=O)C(OC)C1c1cccc(Cl)c1.CCSN1C(=O)C(OC)C1c1ccccc1Cl.COC1C(=O)N(SC)C1c1ccc(C(C)=O)cc1.COC1C(=O)N(SC)C1c1ccc(Cl)cc1.COC1C(=O)N(SC)C1c1ccccc1Cl.COC1C(=O)N(SCc2ccccc2)C1c1ccccc1Cl.COC1C(=O)NC1c1ccccc1Cl. The molecule has 139 heavy (non-hydrogen) atoms. The Hall–Kier alpha value is -7.43. The number of amides is 8. The first-order chi connectivity index (χ1) is 67.0. The molecule has 8 fully saturated rings. The standard InChI is InChI=1S/C17H16ClNO2S.C14H18ClNO2S.C13H15NO3S.2C12H14ClNO2S.2C11H12ClNO2S.C10H10ClNO2/c1-21-16-15(13-9-5-6-10-14(13)18)19(17(16)20)22-11-12-7-3-2-4-8-12;1-3-4-9-19-16-12(13(18-2)14(16)17)10-7-5-6-8-11(10)15;1-8(15)9-4-6-10(7-5-9)11-12(17-2)13(16)14(11)18-3;1-3-17-14-10(11(16-2)12(14)15)8-5-4-6-9(13)7-8;1-3-17-14-10(11(16-2)12(14)15)8-6-4-5-7-9(8)13;1-15-10-9(13(16-2)11(10)14)7-3-5-8(12)6-4-7;1-15-10-9(13(16-2)11(10)14)7-5-3-4-6-8(7)12;1-14-9-8(12-10(9)13)6-4-2-3-5-7(6)11/h2-10,15-16H,11H2,1H3;5-8,12-13H,3-4,9H2,1-2H3;4-7,11-12H,1-3H3;2*4-7,10-11H,3H2,1-2H3;2*3-6,9-10H,1-2H3;2-5,8-9H,1H3,(H,12,13). The zero-order valence-electron chi connectivity index (χ0n) is 78.9. The summed E-state index contributed by atoms with van der Waals surface area (Å²) in [5.74, 6) is 3.44. The van der Waals surface area contributed by atoms with Crippen LogP contribution >= 0.6 is 165 Å². The number of rotatable bonds is 31. The Labute approximate surface area is 878 Å². The van der Waals surface area contributed by atoms with E-state index in [1.807, 2.05) is 227 Å². The van der Waals surface area contributed by atoms with Gasteiger partial charge in [0.25, 0.3) is 47.3 Å². The first kappa shape index (κ1) is 114. The zero-order chi connectivity index (χ0) is 101. The number of methoxy groups -OCH3 is 8. The third-order valence-electron chi connectivity index (χ3n) is 23.2. The van der Waals surface area contributed by atoms with Gasteiger partial charge in [-0.2, -0.15) is 0 Å². The van der Waals surface area contributed by atoms with E-state index in [4.69, 9.17) is 119 Å². The van der Waals surface area contributed by atoms with Gasteiger partial charge in [0.15, 0.2) is 54.6 Å². The van der Waals surface area contributed by atoms with E-state index in [1.54, 1.807) is 103 Å². The number of hydrogen-bond acceptors (Lipinski definition) is 24. The third-order valence-corrected chi connectivity index (χ3v) is 32.0. The monoisotopic (exact) mass is 2160 g/mol. The van der Waals surface area contributed by atoms with Crippen molar-refractivity contribution in [3.63, 3.8) is 0 Å². The summed E-state index contributed by atoms with van der Waals surface area (Å²) in [4.78, 5) is 105. The van der Waals surface area contributed by atoms with Crippen molar-refractivity contribution in [3.8, 4) is 0 Å². The van der Waals surface area contributed by atoms with E-state index in [-0.39, 0.29) is 114 Å². The highest BCUT2D eigenvalue weighted by Gasteiger charge is 2.56. The number of ether oxygens (including phenoxy) is 8. The minimum absolute atomic E-state index is 0.0000743. The van der Waals surface area contributed by atoms with Crippen molar-refractivity contribution in [2.24, 2.45) is 0 Å². The third kappa shape index (κ3) is 26.8. The van der Waals surface area contributed by atoms with Crippen LogP contribution in [-0.4, -0.2) is 225 Å². The molecule has 0 saturated carbocycles. The van der Waals surface area contributed by atoms with Gasteiger partial charge in [-0.15, -0.1) is 0 Å². The van der Waals surface area contributed by atoms with Crippen molar-refractivity contribution < 1.29 is 81.0 Å². The van der Waals surface area contributed by atoms with Crippen molar-refractivity contribution in [2.45, 2.75) is 143 Å². The molecule has 25 nitrogen and oxygen atoms in total. The van der Waals surface area contributed by atoms with E-state index in [0.717, 1.165) is 80.4 Å². The van der Waals surface area contributed by atoms with Crippen LogP contribution in [0.1, 0.15) is 149 Å². The summed E-state index contributed by atoms with van der Waals surface area (Å²) >= 11 is 52.9. The van der Waals surface area contributed by atoms with Crippen LogP contribution in [0.5, 0.6) is 0 Å². The average Bonchev–Trinajstić information content (AvgIpc) is 0.748. The largest absolute Gasteiger partial charge is 0.369 e. The minimum atomic E-state index is -0.455. The highest BCUT2D eigenvalue weighted by molar-refractivity contribution is 7.98. The Morgan fingerprint density at radius 1 is 0.317 bits per heavy atom. The highest BCUT2D eigenvalue weighted by Crippen LogP contribution is 2.51. The number of ketones is 1. The first-order valence-electron chi connectivity index (χ1n) is 43.9. The summed E-state index contributed by atoms with van der Waals surface area (Å²) in [6, 6.07) is 69.6. The van der Waals surface area contributed by atoms with Crippen molar-refractivity contribution in [3.05, 3.63) is 315 Å². The van der Waals surface area contributed by atoms with Gasteiger partial charge >= 0.3 is 0 Å². The molecular weight excluding hydrogens is 2060 g/mol. The molecule has 0 radical (unpaired) electrons. The number of unbranched alkanes of at least 4 members (excludes halogenated alkanes) is 1. The molecule has 1 N–H and O–H groups in total. The van der Waals surface area contributed by atoms with Gasteiger partial charge in [0.1, 0.15) is 42.3 Å². The second-order valence-electron chi connectivity index (χ2n) is 31.2. The molecular formula is C100H111Cl7N8O17S7. The molecule has 0 bridgehead atoms. The molecule has 8 aliphatic heterocycles. The Kier molecular flexibility index (Phi) is 45.4. The molecule has 744 valence electrons. The Balaban J connectivity index is 0.000000164. The normalized spacial score (nSPS) is 23.3. The molecule has 16 atom stereocenters. The molecule has 39 heteroatoms. The Morgan fingerprint density at radius 3 is 0.950 bits per heavy atom. The van der Waals surface area contributed by atoms with Crippen LogP contribution in [0.2, 0.25) is 35.2 Å². The maximum absolute atomic E-state index is 12.2. The first-order valence-corrected chi connectivity index (χ1v) is 53.9. The van der Waals surface area contributed by atoms with Gasteiger partial charge in [-0.1, -0.05) is 314 Å². The fourth-order valence-electron chi connectivity index (χ4n) is 16.0. The topological polar surface area (TPSA) is 262 Å². The van der Waals surface area contributed by atoms with Gasteiger partial charge in [-0.3, -0.25) is 73.3 Å². The Bertz CT molecular complexity index is 5600. The molecule has 9 aromatic rings. The number of carbonyl (C=O) groups excluding carboxylic acids is 9. The molecule has 0 spiro atoms. The molecule has 8 amide bonds. The summed E-state index contributed by atoms with van der Waals surface area (Å²) in [6.45, 7) is 7.71. The highest BCUT2D eigenvalue weighted by atomic mass is 35.5. The van der Waals surface area contributed by atoms with Crippen LogP contribution in [0.4, 0.5) is 0 Å². The molecule has 8 aliphatic rings. The lowest BCUT2D eigenvalue weighted by Crippen LogP contribution is -2.56. The smallest absolute Gasteiger partial charge is 0.264 e. The molecule has 8 saturated heterocycles. The number of nitrogens with one attached hydrogen (secondary N) is 1. The lowest BCUT2D eigenvalue weighted by molar-refractivity contribution is -0.158. The van der Waals surface area contributed by atoms with Gasteiger partial charge in [0.05, 0.1) is 6.04 Å². The maximum atomic E-state index is 12.2. The van der Waals surface area contributed by atoms with Crippen LogP contribution in [0.3, 0.4) is 0 Å². The zero-order valence-corrected chi connectivity index (χ0v) is 89.9. The van der Waals surface area contributed by atoms with Crippen molar-refractivity contribution in [2.75, 3.05) is 92.9 Å². The molecule has 17 rings (SSSR count). The summed E-state index contributed by atoms with van der Waals surface area (Å²) < 4.78 is 53.9. The fourth-order valence-corrected chi connectivity index (χ4v) is 23.9. The number of nitrogens with zero attached hydrogens (tertiary/aromatic N) is 7. The van der Waals surface area contributed by atoms with E-state index in [1.165, 1.54) is 98.4 Å². The van der Waals surface area contributed by atoms with Gasteiger partial charge in [0.2, 0.25) is 0 Å². The quantitative estimate of drug-likeness (QED) is 0.0183. The lowest BCUT2D eigenvalue weighted by atomic mass is 9.93. The van der Waals surface area contributed by atoms with Crippen molar-refractivity contribution in [1.82, 2.24) is 35.5 Å². The average molecular weight is 2170 g/mol. The summed E-state index contributed by atoms with van der Waals surface area (Å²) in [7, 11) is 12.4. The van der Waals surface area contributed by atoms with Gasteiger partial charge < -0.3 is 43.2 Å². The van der Waals surface area contributed by atoms with E-state index in [0.29, 0.717) is 40.7 Å².